The van der Waals surface area contributed by atoms with Gasteiger partial charge < -0.3 is 9.13 Å². The molecule has 0 atom stereocenters. The van der Waals surface area contributed by atoms with Crippen LogP contribution in [0.25, 0.3) is 77.2 Å². The summed E-state index contributed by atoms with van der Waals surface area (Å²) < 4.78 is 4.89. The fourth-order valence-corrected chi connectivity index (χ4v) is 16.0. The van der Waals surface area contributed by atoms with Crippen molar-refractivity contribution < 1.29 is 0 Å². The lowest BCUT2D eigenvalue weighted by Gasteiger charge is -2.44. The van der Waals surface area contributed by atoms with Gasteiger partial charge in [0, 0.05) is 32.9 Å². The number of hydrogen-bond acceptors (Lipinski definition) is 0. The van der Waals surface area contributed by atoms with Gasteiger partial charge >= 0.3 is 0 Å². The molecule has 0 aliphatic heterocycles. The first kappa shape index (κ1) is 36.8. The van der Waals surface area contributed by atoms with Crippen molar-refractivity contribution in [3.8, 4) is 33.6 Å². The molecule has 292 valence electrons. The number of benzene rings is 9. The second kappa shape index (κ2) is 14.5. The van der Waals surface area contributed by atoms with Crippen molar-refractivity contribution in [1.82, 2.24) is 9.13 Å². The fourth-order valence-electron chi connectivity index (χ4n) is 10.4. The predicted molar refractivity (Wildman–Crippen MR) is 263 cm³/mol. The molecule has 0 bridgehead atoms. The van der Waals surface area contributed by atoms with Crippen LogP contribution in [0.3, 0.4) is 0 Å². The zero-order valence-electron chi connectivity index (χ0n) is 34.8. The second-order valence-corrected chi connectivity index (χ2v) is 22.1. The van der Waals surface area contributed by atoms with Crippen LogP contribution in [-0.4, -0.2) is 17.2 Å². The van der Waals surface area contributed by atoms with Gasteiger partial charge in [-0.25, -0.2) is 0 Å². The van der Waals surface area contributed by atoms with Crippen LogP contribution >= 0.6 is 0 Å². The molecule has 61 heavy (non-hydrogen) atoms. The molecule has 0 saturated heterocycles. The Bertz CT molecular complexity index is 3330. The van der Waals surface area contributed by atoms with Crippen LogP contribution in [0.5, 0.6) is 0 Å². The van der Waals surface area contributed by atoms with E-state index in [0.717, 1.165) is 11.4 Å². The quantitative estimate of drug-likeness (QED) is 0.112. The van der Waals surface area contributed by atoms with Gasteiger partial charge in [-0.2, -0.15) is 0 Å². The number of hydrogen-bond donors (Lipinski definition) is 0. The summed E-state index contributed by atoms with van der Waals surface area (Å²) in [5.41, 5.74) is 12.0. The first-order valence-corrected chi connectivity index (χ1v) is 23.3. The molecule has 9 aromatic carbocycles. The molecule has 2 aromatic heterocycles. The van der Waals surface area contributed by atoms with Crippen LogP contribution in [0.4, 0.5) is 0 Å². The van der Waals surface area contributed by atoms with E-state index in [1.54, 1.807) is 0 Å². The third kappa shape index (κ3) is 5.91. The largest absolute Gasteiger partial charge is 0.309 e. The molecule has 0 spiro atoms. The van der Waals surface area contributed by atoms with E-state index in [4.69, 9.17) is 0 Å². The van der Waals surface area contributed by atoms with Crippen molar-refractivity contribution >= 4 is 67.2 Å². The second-order valence-electron chi connectivity index (χ2n) is 17.4. The Hall–Kier alpha value is -7.20. The number of fused-ring (bicyclic) bond motifs is 6. The molecule has 11 aromatic rings. The van der Waals surface area contributed by atoms with Crippen molar-refractivity contribution in [3.63, 3.8) is 0 Å². The van der Waals surface area contributed by atoms with Crippen LogP contribution in [0.15, 0.2) is 224 Å². The van der Waals surface area contributed by atoms with Gasteiger partial charge in [-0.1, -0.05) is 185 Å². The van der Waals surface area contributed by atoms with Gasteiger partial charge in [-0.15, -0.1) is 0 Å². The van der Waals surface area contributed by atoms with Gasteiger partial charge in [0.05, 0.1) is 22.1 Å². The van der Waals surface area contributed by atoms with Crippen LogP contribution in [-0.2, 0) is 0 Å². The average molecular weight is 799 g/mol. The Balaban J connectivity index is 1.19. The molecule has 2 heterocycles. The highest BCUT2D eigenvalue weighted by Crippen LogP contribution is 2.41. The van der Waals surface area contributed by atoms with Crippen molar-refractivity contribution in [2.45, 2.75) is 25.8 Å². The summed E-state index contributed by atoms with van der Waals surface area (Å²) in [6.45, 7) is 7.35. The van der Waals surface area contributed by atoms with E-state index in [1.165, 1.54) is 81.4 Å². The number of rotatable bonds is 7. The minimum atomic E-state index is -2.63. The molecule has 0 aliphatic carbocycles. The molecule has 3 heteroatoms. The Kier molecular flexibility index (Phi) is 8.77. The van der Waals surface area contributed by atoms with Crippen molar-refractivity contribution in [3.05, 3.63) is 224 Å². The highest BCUT2D eigenvalue weighted by atomic mass is 28.3. The molecule has 11 rings (SSSR count). The number of nitrogens with zero attached hydrogens (tertiary/aromatic N) is 2. The first-order chi connectivity index (χ1) is 29.9. The molecule has 0 amide bonds. The molecule has 0 unspecified atom stereocenters. The average Bonchev–Trinajstić information content (AvgIpc) is 3.82. The lowest BCUT2D eigenvalue weighted by atomic mass is 9.98. The van der Waals surface area contributed by atoms with Gasteiger partial charge in [0.1, 0.15) is 0 Å². The molecular formula is C58H46N2Si. The molecule has 0 fully saturated rings. The summed E-state index contributed by atoms with van der Waals surface area (Å²) in [5.74, 6) is 0. The van der Waals surface area contributed by atoms with Gasteiger partial charge in [0.15, 0.2) is 8.07 Å². The van der Waals surface area contributed by atoms with E-state index < -0.39 is 8.07 Å². The zero-order valence-corrected chi connectivity index (χ0v) is 35.8. The first-order valence-electron chi connectivity index (χ1n) is 21.3. The van der Waals surface area contributed by atoms with E-state index in [2.05, 4.69) is 254 Å². The van der Waals surface area contributed by atoms with Crippen LogP contribution in [0.1, 0.15) is 20.8 Å². The Morgan fingerprint density at radius 2 is 0.754 bits per heavy atom. The number of para-hydroxylation sites is 2. The maximum atomic E-state index is 2.57. The van der Waals surface area contributed by atoms with Gasteiger partial charge in [0.25, 0.3) is 0 Å². The standard InChI is InChI=1S/C58H46N2Si/c1-58(2,3)61(47-25-12-6-13-26-47,48-27-14-7-15-28-48)49-33-36-57-53(40-49)51-38-44(43-22-18-21-42(37-43)41-19-8-4-9-20-41)31-34-55(51)60(57)46-32-35-56-52(39-46)50-29-16-17-30-54(50)59(56)45-23-10-5-11-24-45/h4-40H,1-3H3. The summed E-state index contributed by atoms with van der Waals surface area (Å²) in [7, 11) is -2.63. The van der Waals surface area contributed by atoms with Gasteiger partial charge in [-0.3, -0.25) is 0 Å². The third-order valence-corrected chi connectivity index (χ3v) is 18.8. The Labute approximate surface area is 358 Å². The highest BCUT2D eigenvalue weighted by Gasteiger charge is 2.49. The van der Waals surface area contributed by atoms with Crippen molar-refractivity contribution in [2.75, 3.05) is 0 Å². The molecule has 0 radical (unpaired) electrons. The van der Waals surface area contributed by atoms with E-state index >= 15 is 0 Å². The van der Waals surface area contributed by atoms with Crippen LogP contribution < -0.4 is 15.6 Å². The van der Waals surface area contributed by atoms with E-state index in [9.17, 15) is 0 Å². The summed E-state index contributed by atoms with van der Waals surface area (Å²) in [6, 6.07) is 83.4. The highest BCUT2D eigenvalue weighted by molar-refractivity contribution is 7.13. The molecule has 0 N–H and O–H groups in total. The zero-order chi connectivity index (χ0) is 41.1. The summed E-state index contributed by atoms with van der Waals surface area (Å²) in [6.07, 6.45) is 0. The minimum Gasteiger partial charge on any atom is -0.309 e. The molecule has 0 saturated carbocycles. The van der Waals surface area contributed by atoms with Gasteiger partial charge in [-0.05, 0) is 104 Å². The molecular weight excluding hydrogens is 753 g/mol. The van der Waals surface area contributed by atoms with E-state index in [1.807, 2.05) is 0 Å². The normalized spacial score (nSPS) is 12.2. The van der Waals surface area contributed by atoms with Crippen molar-refractivity contribution in [1.29, 1.82) is 0 Å². The summed E-state index contributed by atoms with van der Waals surface area (Å²) >= 11 is 0. The molecule has 0 aliphatic rings. The van der Waals surface area contributed by atoms with Crippen LogP contribution in [0.2, 0.25) is 5.04 Å². The Morgan fingerprint density at radius 1 is 0.295 bits per heavy atom. The van der Waals surface area contributed by atoms with Crippen molar-refractivity contribution in [2.24, 2.45) is 0 Å². The smallest absolute Gasteiger partial charge is 0.153 e. The van der Waals surface area contributed by atoms with Gasteiger partial charge in [0.2, 0.25) is 0 Å². The van der Waals surface area contributed by atoms with Crippen LogP contribution in [0, 0.1) is 0 Å². The Morgan fingerprint density at radius 3 is 1.41 bits per heavy atom. The molecule has 2 nitrogen and oxygen atoms in total. The third-order valence-electron chi connectivity index (χ3n) is 13.0. The SMILES string of the molecule is CC(C)(C)[Si](c1ccccc1)(c1ccccc1)c1ccc2c(c1)c1cc(-c3cccc(-c4ccccc4)c3)ccc1n2-c1ccc2c(c1)c1ccccc1n2-c1ccccc1. The maximum absolute atomic E-state index is 2.63. The minimum absolute atomic E-state index is 0.0389. The fraction of sp³-hybridized carbons (Fsp3) is 0.0690. The predicted octanol–water partition coefficient (Wildman–Crippen LogP) is 13.5. The summed E-state index contributed by atoms with van der Waals surface area (Å²) in [4.78, 5) is 0. The van der Waals surface area contributed by atoms with E-state index in [0.29, 0.717) is 0 Å². The maximum Gasteiger partial charge on any atom is 0.153 e. The topological polar surface area (TPSA) is 9.86 Å². The monoisotopic (exact) mass is 798 g/mol. The number of aromatic nitrogens is 2. The lowest BCUT2D eigenvalue weighted by molar-refractivity contribution is 0.739. The lowest BCUT2D eigenvalue weighted by Crippen LogP contribution is -2.72. The van der Waals surface area contributed by atoms with E-state index in [-0.39, 0.29) is 5.04 Å². The summed E-state index contributed by atoms with van der Waals surface area (Å²) in [5, 5.41) is 9.25.